The van der Waals surface area contributed by atoms with Crippen molar-refractivity contribution in [3.05, 3.63) is 0 Å². The van der Waals surface area contributed by atoms with E-state index in [4.69, 9.17) is 4.74 Å². The van der Waals surface area contributed by atoms with Crippen LogP contribution in [0.15, 0.2) is 0 Å². The minimum absolute atomic E-state index is 0.533. The first kappa shape index (κ1) is 13.8. The van der Waals surface area contributed by atoms with Crippen LogP contribution in [0.2, 0.25) is 0 Å². The summed E-state index contributed by atoms with van der Waals surface area (Å²) in [4.78, 5) is 0. The van der Waals surface area contributed by atoms with Gasteiger partial charge in [0.2, 0.25) is 0 Å². The standard InChI is InChI=1S/C16H30N2O/c1-2-12-19-13(5-1)9-11-18-15-7-3-6-14(15)16-8-4-10-17-16/h13-18H,1-12H2. The molecule has 3 nitrogen and oxygen atoms in total. The molecule has 0 bridgehead atoms. The Labute approximate surface area is 117 Å². The summed E-state index contributed by atoms with van der Waals surface area (Å²) in [7, 11) is 0. The number of hydrogen-bond acceptors (Lipinski definition) is 3. The first-order chi connectivity index (χ1) is 9.43. The SMILES string of the molecule is C1CCC(CCNC2CCCC2C2CCCN2)OC1. The van der Waals surface area contributed by atoms with E-state index < -0.39 is 0 Å². The predicted octanol–water partition coefficient (Wildman–Crippen LogP) is 2.46. The molecule has 0 amide bonds. The van der Waals surface area contributed by atoms with E-state index in [1.54, 1.807) is 0 Å². The topological polar surface area (TPSA) is 33.3 Å². The first-order valence-electron chi connectivity index (χ1n) is 8.52. The Morgan fingerprint density at radius 1 is 1.00 bits per heavy atom. The van der Waals surface area contributed by atoms with Gasteiger partial charge in [0.1, 0.15) is 0 Å². The van der Waals surface area contributed by atoms with Crippen molar-refractivity contribution < 1.29 is 4.74 Å². The lowest BCUT2D eigenvalue weighted by Gasteiger charge is -2.28. The smallest absolute Gasteiger partial charge is 0.0587 e. The quantitative estimate of drug-likeness (QED) is 0.802. The third-order valence-electron chi connectivity index (χ3n) is 5.33. The molecule has 110 valence electrons. The van der Waals surface area contributed by atoms with E-state index in [1.807, 2.05) is 0 Å². The fraction of sp³-hybridized carbons (Fsp3) is 1.00. The van der Waals surface area contributed by atoms with Crippen LogP contribution in [0, 0.1) is 5.92 Å². The molecule has 2 saturated heterocycles. The summed E-state index contributed by atoms with van der Waals surface area (Å²) in [6.45, 7) is 3.38. The molecule has 0 radical (unpaired) electrons. The summed E-state index contributed by atoms with van der Waals surface area (Å²) < 4.78 is 5.82. The van der Waals surface area contributed by atoms with E-state index in [-0.39, 0.29) is 0 Å². The zero-order chi connectivity index (χ0) is 12.9. The van der Waals surface area contributed by atoms with Crippen LogP contribution in [-0.2, 0) is 4.74 Å². The third-order valence-corrected chi connectivity index (χ3v) is 5.33. The average Bonchev–Trinajstić information content (AvgIpc) is 3.10. The Bertz CT molecular complexity index is 259. The van der Waals surface area contributed by atoms with Crippen molar-refractivity contribution in [2.45, 2.75) is 76.0 Å². The van der Waals surface area contributed by atoms with Gasteiger partial charge in [-0.3, -0.25) is 0 Å². The zero-order valence-electron chi connectivity index (χ0n) is 12.2. The van der Waals surface area contributed by atoms with Crippen molar-refractivity contribution in [1.29, 1.82) is 0 Å². The van der Waals surface area contributed by atoms with Gasteiger partial charge in [-0.1, -0.05) is 6.42 Å². The highest BCUT2D eigenvalue weighted by molar-refractivity contribution is 4.93. The van der Waals surface area contributed by atoms with E-state index in [1.165, 1.54) is 64.3 Å². The lowest BCUT2D eigenvalue weighted by molar-refractivity contribution is 0.0109. The highest BCUT2D eigenvalue weighted by atomic mass is 16.5. The van der Waals surface area contributed by atoms with Gasteiger partial charge in [0.15, 0.2) is 0 Å². The van der Waals surface area contributed by atoms with Crippen molar-refractivity contribution in [2.24, 2.45) is 5.92 Å². The molecule has 2 aliphatic heterocycles. The van der Waals surface area contributed by atoms with Crippen LogP contribution in [0.1, 0.15) is 57.8 Å². The summed E-state index contributed by atoms with van der Waals surface area (Å²) in [5, 5.41) is 7.54. The van der Waals surface area contributed by atoms with Crippen LogP contribution in [0.25, 0.3) is 0 Å². The minimum atomic E-state index is 0.533. The fourth-order valence-corrected chi connectivity index (χ4v) is 4.27. The van der Waals surface area contributed by atoms with E-state index in [0.29, 0.717) is 6.10 Å². The Kier molecular flexibility index (Phi) is 5.14. The molecule has 4 unspecified atom stereocenters. The van der Waals surface area contributed by atoms with Gasteiger partial charge in [0, 0.05) is 18.7 Å². The van der Waals surface area contributed by atoms with Gasteiger partial charge in [0.05, 0.1) is 6.10 Å². The van der Waals surface area contributed by atoms with Crippen molar-refractivity contribution >= 4 is 0 Å². The predicted molar refractivity (Wildman–Crippen MR) is 78.4 cm³/mol. The molecule has 1 saturated carbocycles. The summed E-state index contributed by atoms with van der Waals surface area (Å²) >= 11 is 0. The monoisotopic (exact) mass is 266 g/mol. The second-order valence-corrected chi connectivity index (χ2v) is 6.64. The molecule has 4 atom stereocenters. The van der Waals surface area contributed by atoms with Crippen LogP contribution >= 0.6 is 0 Å². The van der Waals surface area contributed by atoms with Gasteiger partial charge in [0.25, 0.3) is 0 Å². The third kappa shape index (κ3) is 3.71. The Morgan fingerprint density at radius 2 is 2.00 bits per heavy atom. The Hall–Kier alpha value is -0.120. The van der Waals surface area contributed by atoms with Gasteiger partial charge in [-0.05, 0) is 70.4 Å². The van der Waals surface area contributed by atoms with Crippen LogP contribution in [0.4, 0.5) is 0 Å². The van der Waals surface area contributed by atoms with E-state index in [9.17, 15) is 0 Å². The van der Waals surface area contributed by atoms with Gasteiger partial charge < -0.3 is 15.4 Å². The summed E-state index contributed by atoms with van der Waals surface area (Å²) in [5.74, 6) is 0.884. The lowest BCUT2D eigenvalue weighted by Crippen LogP contribution is -2.43. The molecule has 3 heteroatoms. The molecule has 2 heterocycles. The Balaban J connectivity index is 1.38. The van der Waals surface area contributed by atoms with Crippen molar-refractivity contribution in [3.8, 4) is 0 Å². The Morgan fingerprint density at radius 3 is 2.79 bits per heavy atom. The molecule has 3 fully saturated rings. The maximum atomic E-state index is 5.82. The second kappa shape index (κ2) is 7.05. The molecule has 1 aliphatic carbocycles. The largest absolute Gasteiger partial charge is 0.378 e. The van der Waals surface area contributed by atoms with Gasteiger partial charge in [-0.25, -0.2) is 0 Å². The van der Waals surface area contributed by atoms with E-state index >= 15 is 0 Å². The number of rotatable bonds is 5. The normalized spacial score (nSPS) is 39.8. The van der Waals surface area contributed by atoms with Crippen LogP contribution < -0.4 is 10.6 Å². The summed E-state index contributed by atoms with van der Waals surface area (Å²) in [6, 6.07) is 1.56. The number of nitrogens with one attached hydrogen (secondary N) is 2. The molecule has 0 aromatic heterocycles. The highest BCUT2D eigenvalue weighted by Gasteiger charge is 2.34. The zero-order valence-corrected chi connectivity index (χ0v) is 12.2. The van der Waals surface area contributed by atoms with Crippen LogP contribution in [-0.4, -0.2) is 37.9 Å². The maximum Gasteiger partial charge on any atom is 0.0587 e. The molecule has 3 aliphatic rings. The van der Waals surface area contributed by atoms with Crippen LogP contribution in [0.5, 0.6) is 0 Å². The molecule has 3 rings (SSSR count). The van der Waals surface area contributed by atoms with Crippen molar-refractivity contribution in [1.82, 2.24) is 10.6 Å². The molecule has 0 aromatic rings. The first-order valence-corrected chi connectivity index (χ1v) is 8.52. The molecule has 0 aromatic carbocycles. The lowest BCUT2D eigenvalue weighted by atomic mass is 9.93. The molecule has 19 heavy (non-hydrogen) atoms. The van der Waals surface area contributed by atoms with Crippen molar-refractivity contribution in [2.75, 3.05) is 19.7 Å². The molecular weight excluding hydrogens is 236 g/mol. The highest BCUT2D eigenvalue weighted by Crippen LogP contribution is 2.32. The molecule has 0 spiro atoms. The maximum absolute atomic E-state index is 5.82. The van der Waals surface area contributed by atoms with Crippen molar-refractivity contribution in [3.63, 3.8) is 0 Å². The van der Waals surface area contributed by atoms with Gasteiger partial charge >= 0.3 is 0 Å². The number of hydrogen-bond donors (Lipinski definition) is 2. The second-order valence-electron chi connectivity index (χ2n) is 6.64. The van der Waals surface area contributed by atoms with Gasteiger partial charge in [-0.2, -0.15) is 0 Å². The fourth-order valence-electron chi connectivity index (χ4n) is 4.27. The summed E-state index contributed by atoms with van der Waals surface area (Å²) in [5.41, 5.74) is 0. The molecule has 2 N–H and O–H groups in total. The summed E-state index contributed by atoms with van der Waals surface area (Å²) in [6.07, 6.45) is 12.7. The number of ether oxygens (including phenoxy) is 1. The molecular formula is C16H30N2O. The van der Waals surface area contributed by atoms with E-state index in [2.05, 4.69) is 10.6 Å². The van der Waals surface area contributed by atoms with Gasteiger partial charge in [-0.15, -0.1) is 0 Å². The van der Waals surface area contributed by atoms with E-state index in [0.717, 1.165) is 31.2 Å². The average molecular weight is 266 g/mol. The minimum Gasteiger partial charge on any atom is -0.378 e. The van der Waals surface area contributed by atoms with Crippen LogP contribution in [0.3, 0.4) is 0 Å².